The predicted octanol–water partition coefficient (Wildman–Crippen LogP) is 2.50. The molecule has 1 rings (SSSR count). The van der Waals surface area contributed by atoms with Crippen molar-refractivity contribution in [1.29, 1.82) is 0 Å². The van der Waals surface area contributed by atoms with Crippen LogP contribution in [0, 0.1) is 0 Å². The third kappa shape index (κ3) is 1.84. The van der Waals surface area contributed by atoms with Crippen molar-refractivity contribution in [2.75, 3.05) is 0 Å². The number of carbonyl (C=O) groups excluding carboxylic acids is 1. The highest BCUT2D eigenvalue weighted by Gasteiger charge is 2.22. The van der Waals surface area contributed by atoms with Crippen LogP contribution in [0.2, 0.25) is 19.1 Å². The molecule has 66 valence electrons. The zero-order valence-corrected chi connectivity index (χ0v) is 9.57. The Bertz CT molecular complexity index is 278. The summed E-state index contributed by atoms with van der Waals surface area (Å²) < 4.78 is 1.44. The average Bonchev–Trinajstić information content (AvgIpc) is 2.52. The fraction of sp³-hybridized carbons (Fsp3) is 0.444. The van der Waals surface area contributed by atoms with Gasteiger partial charge >= 0.3 is 0 Å². The van der Waals surface area contributed by atoms with Gasteiger partial charge in [-0.3, -0.25) is 4.79 Å². The summed E-state index contributed by atoms with van der Waals surface area (Å²) in [5.41, 5.74) is 0. The molecule has 1 heterocycles. The van der Waals surface area contributed by atoms with Crippen molar-refractivity contribution in [3.8, 4) is 0 Å². The van der Waals surface area contributed by atoms with Crippen molar-refractivity contribution >= 4 is 30.2 Å². The maximum Gasteiger partial charge on any atom is 0.159 e. The normalized spacial score (nSPS) is 11.6. The first kappa shape index (κ1) is 9.67. The minimum absolute atomic E-state index is 0.860. The number of hydrogen-bond acceptors (Lipinski definition) is 2. The summed E-state index contributed by atoms with van der Waals surface area (Å²) in [6, 6.07) is 5.29. The molecule has 0 N–H and O–H groups in total. The molecule has 0 aliphatic heterocycles. The molecule has 12 heavy (non-hydrogen) atoms. The largest absolute Gasteiger partial charge is 0.297 e. The van der Waals surface area contributed by atoms with Gasteiger partial charge in [0.1, 0.15) is 0 Å². The Balaban J connectivity index is 2.95. The van der Waals surface area contributed by atoms with Gasteiger partial charge in [-0.05, 0) is 10.6 Å². The Morgan fingerprint density at radius 1 is 1.50 bits per heavy atom. The molecular weight excluding hydrogens is 184 g/mol. The quantitative estimate of drug-likeness (QED) is 0.539. The smallest absolute Gasteiger partial charge is 0.159 e. The van der Waals surface area contributed by atoms with E-state index in [-0.39, 0.29) is 0 Å². The van der Waals surface area contributed by atoms with E-state index in [1.165, 1.54) is 10.5 Å². The fourth-order valence-electron chi connectivity index (χ4n) is 0.954. The van der Waals surface area contributed by atoms with E-state index in [0.29, 0.717) is 0 Å². The minimum atomic E-state index is -1.19. The number of hydrogen-bond donors (Lipinski definition) is 0. The lowest BCUT2D eigenvalue weighted by Crippen LogP contribution is -2.37. The van der Waals surface area contributed by atoms with E-state index >= 15 is 0 Å². The van der Waals surface area contributed by atoms with Gasteiger partial charge in [-0.2, -0.15) is 0 Å². The van der Waals surface area contributed by atoms with E-state index in [0.717, 1.165) is 11.2 Å². The van der Waals surface area contributed by atoms with E-state index in [1.54, 1.807) is 11.3 Å². The fourth-order valence-corrected chi connectivity index (χ4v) is 4.30. The van der Waals surface area contributed by atoms with Gasteiger partial charge in [-0.15, -0.1) is 11.3 Å². The summed E-state index contributed by atoms with van der Waals surface area (Å²) in [5.74, 6) is 0. The first-order chi connectivity index (χ1) is 5.60. The molecule has 1 aromatic heterocycles. The molecule has 0 bridgehead atoms. The van der Waals surface area contributed by atoms with Crippen LogP contribution in [-0.2, 0) is 0 Å². The summed E-state index contributed by atoms with van der Waals surface area (Å²) in [6.07, 6.45) is 0.939. The summed E-state index contributed by atoms with van der Waals surface area (Å²) in [6.45, 7) is 6.91. The Morgan fingerprint density at radius 2 is 2.17 bits per heavy atom. The molecule has 0 aromatic carbocycles. The third-order valence-electron chi connectivity index (χ3n) is 2.29. The monoisotopic (exact) mass is 198 g/mol. The number of thiophene rings is 1. The van der Waals surface area contributed by atoms with Crippen molar-refractivity contribution < 1.29 is 4.79 Å². The molecule has 0 radical (unpaired) electrons. The van der Waals surface area contributed by atoms with Crippen LogP contribution < -0.4 is 4.50 Å². The zero-order chi connectivity index (χ0) is 9.19. The van der Waals surface area contributed by atoms with Gasteiger partial charge in [0.2, 0.25) is 0 Å². The van der Waals surface area contributed by atoms with E-state index in [9.17, 15) is 4.79 Å². The Kier molecular flexibility index (Phi) is 2.85. The first-order valence-electron chi connectivity index (χ1n) is 4.15. The second-order valence-electron chi connectivity index (χ2n) is 3.56. The molecule has 0 atom stereocenters. The van der Waals surface area contributed by atoms with Crippen LogP contribution in [0.5, 0.6) is 0 Å². The summed E-state index contributed by atoms with van der Waals surface area (Å²) in [5, 5.41) is 0. The SMILES string of the molecule is CC[Si](C)(C)c1ccc(C=O)s1. The summed E-state index contributed by atoms with van der Waals surface area (Å²) in [4.78, 5) is 11.3. The average molecular weight is 198 g/mol. The molecule has 0 aliphatic rings. The van der Waals surface area contributed by atoms with Crippen LogP contribution in [0.25, 0.3) is 0 Å². The zero-order valence-electron chi connectivity index (χ0n) is 7.76. The van der Waals surface area contributed by atoms with E-state index in [1.807, 2.05) is 6.07 Å². The standard InChI is InChI=1S/C9H14OSSi/c1-4-12(2,3)9-6-5-8(7-10)11-9/h5-7H,4H2,1-3H3. The van der Waals surface area contributed by atoms with E-state index in [2.05, 4.69) is 26.1 Å². The number of aldehydes is 1. The van der Waals surface area contributed by atoms with Crippen molar-refractivity contribution in [3.05, 3.63) is 17.0 Å². The lowest BCUT2D eigenvalue weighted by Gasteiger charge is -2.17. The molecular formula is C9H14OSSi. The molecule has 1 aromatic rings. The molecule has 0 fully saturated rings. The van der Waals surface area contributed by atoms with Crippen LogP contribution in [0.4, 0.5) is 0 Å². The molecule has 1 nitrogen and oxygen atoms in total. The Hall–Kier alpha value is -0.413. The van der Waals surface area contributed by atoms with Crippen LogP contribution >= 0.6 is 11.3 Å². The van der Waals surface area contributed by atoms with Crippen molar-refractivity contribution in [2.24, 2.45) is 0 Å². The van der Waals surface area contributed by atoms with Crippen LogP contribution in [0.1, 0.15) is 16.6 Å². The number of rotatable bonds is 3. The first-order valence-corrected chi connectivity index (χ1v) is 8.18. The molecule has 0 saturated heterocycles. The van der Waals surface area contributed by atoms with Gasteiger partial charge in [0.05, 0.1) is 13.0 Å². The van der Waals surface area contributed by atoms with Gasteiger partial charge in [0.15, 0.2) is 6.29 Å². The predicted molar refractivity (Wildman–Crippen MR) is 57.3 cm³/mol. The topological polar surface area (TPSA) is 17.1 Å². The third-order valence-corrected chi connectivity index (χ3v) is 8.35. The molecule has 0 unspecified atom stereocenters. The van der Waals surface area contributed by atoms with Gasteiger partial charge in [0.25, 0.3) is 0 Å². The maximum absolute atomic E-state index is 10.5. The van der Waals surface area contributed by atoms with E-state index in [4.69, 9.17) is 0 Å². The highest BCUT2D eigenvalue weighted by Crippen LogP contribution is 2.14. The Labute approximate surface area is 78.4 Å². The summed E-state index contributed by atoms with van der Waals surface area (Å²) in [7, 11) is -1.19. The minimum Gasteiger partial charge on any atom is -0.297 e. The van der Waals surface area contributed by atoms with Gasteiger partial charge in [-0.25, -0.2) is 0 Å². The van der Waals surface area contributed by atoms with Gasteiger partial charge in [0, 0.05) is 0 Å². The van der Waals surface area contributed by atoms with Gasteiger partial charge in [-0.1, -0.05) is 32.1 Å². The molecule has 0 aliphatic carbocycles. The van der Waals surface area contributed by atoms with E-state index < -0.39 is 8.07 Å². The second-order valence-corrected chi connectivity index (χ2v) is 10.0. The van der Waals surface area contributed by atoms with Crippen molar-refractivity contribution in [1.82, 2.24) is 0 Å². The van der Waals surface area contributed by atoms with Crippen molar-refractivity contribution in [3.63, 3.8) is 0 Å². The molecule has 0 spiro atoms. The maximum atomic E-state index is 10.5. The molecule has 0 saturated carbocycles. The van der Waals surface area contributed by atoms with Crippen LogP contribution in [0.15, 0.2) is 12.1 Å². The number of carbonyl (C=O) groups is 1. The van der Waals surface area contributed by atoms with Crippen LogP contribution in [0.3, 0.4) is 0 Å². The molecule has 3 heteroatoms. The lowest BCUT2D eigenvalue weighted by atomic mass is 10.5. The highest BCUT2D eigenvalue weighted by molar-refractivity contribution is 7.27. The highest BCUT2D eigenvalue weighted by atomic mass is 32.1. The lowest BCUT2D eigenvalue weighted by molar-refractivity contribution is 0.112. The summed E-state index contributed by atoms with van der Waals surface area (Å²) >= 11 is 1.66. The van der Waals surface area contributed by atoms with Gasteiger partial charge < -0.3 is 0 Å². The second kappa shape index (κ2) is 3.54. The van der Waals surface area contributed by atoms with Crippen molar-refractivity contribution in [2.45, 2.75) is 26.1 Å². The Morgan fingerprint density at radius 3 is 2.58 bits per heavy atom. The molecule has 0 amide bonds. The van der Waals surface area contributed by atoms with Crippen LogP contribution in [-0.4, -0.2) is 14.4 Å².